The molecule has 0 fully saturated rings. The summed E-state index contributed by atoms with van der Waals surface area (Å²) in [7, 11) is 0. The number of aryl methyl sites for hydroxylation is 3. The topological polar surface area (TPSA) is 56.0 Å². The van der Waals surface area contributed by atoms with Crippen molar-refractivity contribution in [3.05, 3.63) is 83.6 Å². The molecule has 4 heteroatoms. The summed E-state index contributed by atoms with van der Waals surface area (Å²) in [6, 6.07) is 20.0. The molecule has 0 saturated heterocycles. The summed E-state index contributed by atoms with van der Waals surface area (Å²) in [4.78, 5) is 12.1. The first kappa shape index (κ1) is 15.2. The van der Waals surface area contributed by atoms with Crippen molar-refractivity contribution in [2.24, 2.45) is 0 Å². The average molecular weight is 306 g/mol. The van der Waals surface area contributed by atoms with E-state index in [-0.39, 0.29) is 11.7 Å². The zero-order valence-corrected chi connectivity index (χ0v) is 12.8. The fraction of sp³-hybridized carbons (Fsp3) is 0.211. The monoisotopic (exact) mass is 306 g/mol. The molecule has 0 saturated carbocycles. The number of nitrogens with zero attached hydrogens (tertiary/aromatic N) is 2. The fourth-order valence-corrected chi connectivity index (χ4v) is 2.37. The van der Waals surface area contributed by atoms with Crippen molar-refractivity contribution >= 4 is 5.78 Å². The molecule has 0 aliphatic heterocycles. The minimum Gasteiger partial charge on any atom is -0.418 e. The van der Waals surface area contributed by atoms with E-state index in [0.717, 1.165) is 12.0 Å². The first-order chi connectivity index (χ1) is 11.3. The van der Waals surface area contributed by atoms with E-state index in [4.69, 9.17) is 4.42 Å². The van der Waals surface area contributed by atoms with Crippen molar-refractivity contribution in [2.45, 2.75) is 25.7 Å². The van der Waals surface area contributed by atoms with Crippen LogP contribution in [0, 0.1) is 0 Å². The van der Waals surface area contributed by atoms with E-state index in [9.17, 15) is 4.79 Å². The van der Waals surface area contributed by atoms with Crippen LogP contribution in [0.15, 0.2) is 65.1 Å². The third-order valence-electron chi connectivity index (χ3n) is 3.66. The molecular weight excluding hydrogens is 288 g/mol. The maximum absolute atomic E-state index is 12.1. The quantitative estimate of drug-likeness (QED) is 0.625. The lowest BCUT2D eigenvalue weighted by Gasteiger charge is -1.98. The van der Waals surface area contributed by atoms with Crippen LogP contribution in [0.3, 0.4) is 0 Å². The molecule has 23 heavy (non-hydrogen) atoms. The lowest BCUT2D eigenvalue weighted by atomic mass is 10.1. The zero-order chi connectivity index (χ0) is 15.9. The number of carbonyl (C=O) groups excluding carboxylic acids is 1. The predicted octanol–water partition coefficient (Wildman–Crippen LogP) is 3.67. The fourth-order valence-electron chi connectivity index (χ4n) is 2.37. The summed E-state index contributed by atoms with van der Waals surface area (Å²) >= 11 is 0. The number of hydrogen-bond donors (Lipinski definition) is 0. The third-order valence-corrected chi connectivity index (χ3v) is 3.66. The first-order valence-corrected chi connectivity index (χ1v) is 7.75. The minimum atomic E-state index is -0.104. The molecule has 1 aromatic heterocycles. The summed E-state index contributed by atoms with van der Waals surface area (Å²) in [6.45, 7) is 0. The van der Waals surface area contributed by atoms with E-state index < -0.39 is 0 Å². The van der Waals surface area contributed by atoms with Crippen molar-refractivity contribution in [1.29, 1.82) is 0 Å². The van der Waals surface area contributed by atoms with Gasteiger partial charge in [-0.25, -0.2) is 0 Å². The number of Topliss-reactive ketones (excluding diaryl/α,β-unsaturated/α-hetero) is 1. The number of aromatic nitrogens is 2. The third kappa shape index (κ3) is 4.36. The normalized spacial score (nSPS) is 10.6. The Morgan fingerprint density at radius 1 is 0.783 bits per heavy atom. The Labute approximate surface area is 135 Å². The van der Waals surface area contributed by atoms with Crippen LogP contribution in [0.4, 0.5) is 0 Å². The lowest BCUT2D eigenvalue weighted by molar-refractivity contribution is 0.0947. The highest BCUT2D eigenvalue weighted by atomic mass is 16.4. The van der Waals surface area contributed by atoms with Gasteiger partial charge in [0, 0.05) is 12.8 Å². The van der Waals surface area contributed by atoms with Crippen molar-refractivity contribution in [3.8, 4) is 0 Å². The predicted molar refractivity (Wildman–Crippen MR) is 87.2 cm³/mol. The number of hydrogen-bond acceptors (Lipinski definition) is 4. The second-order valence-corrected chi connectivity index (χ2v) is 5.40. The van der Waals surface area contributed by atoms with Crippen molar-refractivity contribution in [3.63, 3.8) is 0 Å². The molecule has 4 nitrogen and oxygen atoms in total. The maximum Gasteiger partial charge on any atom is 0.283 e. The van der Waals surface area contributed by atoms with E-state index >= 15 is 0 Å². The van der Waals surface area contributed by atoms with Gasteiger partial charge in [-0.05, 0) is 24.0 Å². The summed E-state index contributed by atoms with van der Waals surface area (Å²) in [6.07, 6.45) is 2.52. The van der Waals surface area contributed by atoms with Crippen LogP contribution in [-0.4, -0.2) is 16.0 Å². The Kier molecular flexibility index (Phi) is 4.94. The highest BCUT2D eigenvalue weighted by molar-refractivity contribution is 5.91. The van der Waals surface area contributed by atoms with Gasteiger partial charge in [0.1, 0.15) is 0 Å². The van der Waals surface area contributed by atoms with Gasteiger partial charge in [0.05, 0.1) is 0 Å². The van der Waals surface area contributed by atoms with Gasteiger partial charge in [0.25, 0.3) is 5.89 Å². The highest BCUT2D eigenvalue weighted by Crippen LogP contribution is 2.10. The second-order valence-electron chi connectivity index (χ2n) is 5.40. The van der Waals surface area contributed by atoms with Crippen LogP contribution in [0.1, 0.15) is 34.1 Å². The molecule has 0 atom stereocenters. The molecule has 3 aromatic rings. The number of ketones is 1. The van der Waals surface area contributed by atoms with Crippen LogP contribution in [0.2, 0.25) is 0 Å². The molecule has 0 amide bonds. The summed E-state index contributed by atoms with van der Waals surface area (Å²) in [5, 5.41) is 7.84. The SMILES string of the molecule is O=C(CCc1ccccc1)c1nnc(CCc2ccccc2)o1. The Morgan fingerprint density at radius 2 is 1.39 bits per heavy atom. The number of benzene rings is 2. The van der Waals surface area contributed by atoms with Crippen LogP contribution in [0.25, 0.3) is 0 Å². The van der Waals surface area contributed by atoms with Gasteiger partial charge in [-0.1, -0.05) is 60.7 Å². The van der Waals surface area contributed by atoms with Crippen molar-refractivity contribution < 1.29 is 9.21 Å². The van der Waals surface area contributed by atoms with E-state index in [1.165, 1.54) is 5.56 Å². The molecule has 3 rings (SSSR count). The Hall–Kier alpha value is -2.75. The summed E-state index contributed by atoms with van der Waals surface area (Å²) in [5.74, 6) is 0.522. The van der Waals surface area contributed by atoms with Crippen LogP contribution in [-0.2, 0) is 19.3 Å². The molecule has 0 spiro atoms. The van der Waals surface area contributed by atoms with Crippen molar-refractivity contribution in [1.82, 2.24) is 10.2 Å². The minimum absolute atomic E-state index is 0.104. The van der Waals surface area contributed by atoms with Crippen LogP contribution in [0.5, 0.6) is 0 Å². The molecule has 0 aliphatic rings. The van der Waals surface area contributed by atoms with E-state index in [1.807, 2.05) is 48.5 Å². The van der Waals surface area contributed by atoms with Gasteiger partial charge in [0.15, 0.2) is 0 Å². The molecule has 0 N–H and O–H groups in total. The molecule has 0 unspecified atom stereocenters. The van der Waals surface area contributed by atoms with Crippen LogP contribution < -0.4 is 0 Å². The molecule has 0 aliphatic carbocycles. The standard InChI is InChI=1S/C19H18N2O2/c22-17(13-11-15-7-3-1-4-8-15)19-21-20-18(23-19)14-12-16-9-5-2-6-10-16/h1-10H,11-14H2. The van der Waals surface area contributed by atoms with Gasteiger partial charge >= 0.3 is 0 Å². The van der Waals surface area contributed by atoms with Crippen molar-refractivity contribution in [2.75, 3.05) is 0 Å². The maximum atomic E-state index is 12.1. The molecule has 0 radical (unpaired) electrons. The Balaban J connectivity index is 1.53. The molecule has 116 valence electrons. The largest absolute Gasteiger partial charge is 0.418 e. The summed E-state index contributed by atoms with van der Waals surface area (Å²) < 4.78 is 5.48. The summed E-state index contributed by atoms with van der Waals surface area (Å²) in [5.41, 5.74) is 2.34. The molecular formula is C19H18N2O2. The molecule has 1 heterocycles. The molecule has 0 bridgehead atoms. The average Bonchev–Trinajstić information content (AvgIpc) is 3.09. The number of carbonyl (C=O) groups is 1. The Bertz CT molecular complexity index is 751. The van der Waals surface area contributed by atoms with Gasteiger partial charge in [0.2, 0.25) is 11.7 Å². The van der Waals surface area contributed by atoms with E-state index in [2.05, 4.69) is 22.3 Å². The number of rotatable bonds is 7. The van der Waals surface area contributed by atoms with Crippen LogP contribution >= 0.6 is 0 Å². The Morgan fingerprint density at radius 3 is 2.04 bits per heavy atom. The smallest absolute Gasteiger partial charge is 0.283 e. The van der Waals surface area contributed by atoms with E-state index in [1.54, 1.807) is 0 Å². The van der Waals surface area contributed by atoms with Gasteiger partial charge in [-0.2, -0.15) is 0 Å². The second kappa shape index (κ2) is 7.49. The zero-order valence-electron chi connectivity index (χ0n) is 12.8. The molecule has 2 aromatic carbocycles. The highest BCUT2D eigenvalue weighted by Gasteiger charge is 2.14. The van der Waals surface area contributed by atoms with Gasteiger partial charge < -0.3 is 4.42 Å². The first-order valence-electron chi connectivity index (χ1n) is 7.75. The lowest BCUT2D eigenvalue weighted by Crippen LogP contribution is -2.01. The van der Waals surface area contributed by atoms with Gasteiger partial charge in [-0.15, -0.1) is 10.2 Å². The van der Waals surface area contributed by atoms with Gasteiger partial charge in [-0.3, -0.25) is 4.79 Å². The van der Waals surface area contributed by atoms with E-state index in [0.29, 0.717) is 25.2 Å².